The lowest BCUT2D eigenvalue weighted by atomic mass is 10.0. The monoisotopic (exact) mass is 338 g/mol. The van der Waals surface area contributed by atoms with Gasteiger partial charge in [0.05, 0.1) is 0 Å². The predicted molar refractivity (Wildman–Crippen MR) is 100 cm³/mol. The van der Waals surface area contributed by atoms with Gasteiger partial charge in [0.2, 0.25) is 0 Å². The number of benzene rings is 1. The average molecular weight is 339 g/mol. The van der Waals surface area contributed by atoms with Crippen LogP contribution in [0.1, 0.15) is 43.1 Å². The summed E-state index contributed by atoms with van der Waals surface area (Å²) in [6, 6.07) is 6.11. The number of thioether (sulfide) groups is 1. The molecule has 4 nitrogen and oxygen atoms in total. The highest BCUT2D eigenvalue weighted by Gasteiger charge is 2.17. The Hall–Kier alpha value is -1.20. The lowest BCUT2D eigenvalue weighted by Gasteiger charge is -2.22. The normalized spacial score (nSPS) is 13.7. The highest BCUT2D eigenvalue weighted by atomic mass is 32.2. The molecule has 130 valence electrons. The Balaban J connectivity index is 2.88. The van der Waals surface area contributed by atoms with Crippen molar-refractivity contribution >= 4 is 23.4 Å². The molecule has 2 unspecified atom stereocenters. The van der Waals surface area contributed by atoms with Gasteiger partial charge in [-0.2, -0.15) is 11.8 Å². The Kier molecular flexibility index (Phi) is 8.48. The van der Waals surface area contributed by atoms with E-state index in [1.165, 1.54) is 0 Å². The third-order valence-electron chi connectivity index (χ3n) is 4.14. The first kappa shape index (κ1) is 19.8. The maximum absolute atomic E-state index is 12.6. The first-order chi connectivity index (χ1) is 10.9. The molecule has 0 saturated carbocycles. The van der Waals surface area contributed by atoms with Gasteiger partial charge in [0, 0.05) is 35.7 Å². The van der Waals surface area contributed by atoms with Gasteiger partial charge in [-0.1, -0.05) is 19.9 Å². The van der Waals surface area contributed by atoms with Crippen LogP contribution >= 0.6 is 11.8 Å². The van der Waals surface area contributed by atoms with Crippen molar-refractivity contribution in [2.75, 3.05) is 23.9 Å². The third-order valence-corrected chi connectivity index (χ3v) is 4.88. The number of anilines is 1. The van der Waals surface area contributed by atoms with Crippen molar-refractivity contribution in [2.45, 2.75) is 46.2 Å². The molecule has 0 aliphatic heterocycles. The van der Waals surface area contributed by atoms with Crippen molar-refractivity contribution in [1.29, 1.82) is 0 Å². The first-order valence-electron chi connectivity index (χ1n) is 8.17. The zero-order valence-electron chi connectivity index (χ0n) is 14.8. The number of hydrogen-bond donors (Lipinski definition) is 3. The summed E-state index contributed by atoms with van der Waals surface area (Å²) < 4.78 is 0. The molecule has 0 aliphatic rings. The number of rotatable bonds is 9. The van der Waals surface area contributed by atoms with E-state index >= 15 is 0 Å². The summed E-state index contributed by atoms with van der Waals surface area (Å²) in [4.78, 5) is 12.6. The molecule has 0 saturated heterocycles. The number of amides is 1. The molecular weight excluding hydrogens is 308 g/mol. The van der Waals surface area contributed by atoms with E-state index in [2.05, 4.69) is 31.4 Å². The second-order valence-corrected chi connectivity index (χ2v) is 7.20. The van der Waals surface area contributed by atoms with Crippen molar-refractivity contribution in [2.24, 2.45) is 5.92 Å². The van der Waals surface area contributed by atoms with E-state index in [1.807, 2.05) is 31.4 Å². The van der Waals surface area contributed by atoms with Crippen molar-refractivity contribution < 1.29 is 9.90 Å². The van der Waals surface area contributed by atoms with E-state index in [-0.39, 0.29) is 18.6 Å². The summed E-state index contributed by atoms with van der Waals surface area (Å²) in [5.74, 6) is 1.24. The van der Waals surface area contributed by atoms with Gasteiger partial charge >= 0.3 is 0 Å². The number of carbonyl (C=O) groups is 1. The second kappa shape index (κ2) is 9.83. The third kappa shape index (κ3) is 6.07. The maximum Gasteiger partial charge on any atom is 0.251 e. The number of nitrogens with one attached hydrogen (secondary N) is 2. The van der Waals surface area contributed by atoms with Crippen LogP contribution in [0, 0.1) is 12.8 Å². The highest BCUT2D eigenvalue weighted by molar-refractivity contribution is 7.98. The van der Waals surface area contributed by atoms with Gasteiger partial charge < -0.3 is 15.7 Å². The van der Waals surface area contributed by atoms with Gasteiger partial charge in [-0.15, -0.1) is 0 Å². The molecule has 3 N–H and O–H groups in total. The van der Waals surface area contributed by atoms with Gasteiger partial charge in [0.25, 0.3) is 5.91 Å². The summed E-state index contributed by atoms with van der Waals surface area (Å²) in [6.07, 6.45) is 2.58. The smallest absolute Gasteiger partial charge is 0.251 e. The van der Waals surface area contributed by atoms with Crippen LogP contribution in [0.2, 0.25) is 0 Å². The summed E-state index contributed by atoms with van der Waals surface area (Å²) in [5.41, 5.74) is 2.65. The highest BCUT2D eigenvalue weighted by Crippen LogP contribution is 2.21. The second-order valence-electron chi connectivity index (χ2n) is 6.29. The van der Waals surface area contributed by atoms with Crippen LogP contribution in [0.5, 0.6) is 0 Å². The predicted octanol–water partition coefficient (Wildman–Crippen LogP) is 3.30. The lowest BCUT2D eigenvalue weighted by Crippen LogP contribution is -2.37. The summed E-state index contributed by atoms with van der Waals surface area (Å²) in [6.45, 7) is 8.54. The number of hydrogen-bond acceptors (Lipinski definition) is 4. The van der Waals surface area contributed by atoms with Crippen LogP contribution in [-0.4, -0.2) is 41.7 Å². The zero-order chi connectivity index (χ0) is 17.4. The van der Waals surface area contributed by atoms with E-state index in [1.54, 1.807) is 11.8 Å². The van der Waals surface area contributed by atoms with Crippen molar-refractivity contribution in [3.8, 4) is 0 Å². The van der Waals surface area contributed by atoms with Crippen LogP contribution in [0.3, 0.4) is 0 Å². The Morgan fingerprint density at radius 2 is 2.00 bits per heavy atom. The fraction of sp³-hybridized carbons (Fsp3) is 0.611. The van der Waals surface area contributed by atoms with Gasteiger partial charge in [0.1, 0.15) is 0 Å². The van der Waals surface area contributed by atoms with Gasteiger partial charge in [-0.3, -0.25) is 4.79 Å². The van der Waals surface area contributed by atoms with Crippen molar-refractivity contribution in [3.63, 3.8) is 0 Å². The van der Waals surface area contributed by atoms with Crippen molar-refractivity contribution in [1.82, 2.24) is 5.32 Å². The maximum atomic E-state index is 12.6. The minimum atomic E-state index is -0.0733. The molecule has 0 radical (unpaired) electrons. The summed E-state index contributed by atoms with van der Waals surface area (Å²) in [5, 5.41) is 15.6. The average Bonchev–Trinajstić information content (AvgIpc) is 2.49. The molecule has 0 spiro atoms. The van der Waals surface area contributed by atoms with Crippen LogP contribution in [0.4, 0.5) is 5.69 Å². The van der Waals surface area contributed by atoms with Crippen LogP contribution < -0.4 is 10.6 Å². The summed E-state index contributed by atoms with van der Waals surface area (Å²) in [7, 11) is 0. The van der Waals surface area contributed by atoms with Crippen LogP contribution in [0.25, 0.3) is 0 Å². The Morgan fingerprint density at radius 1 is 1.30 bits per heavy atom. The zero-order valence-corrected chi connectivity index (χ0v) is 15.7. The molecule has 1 rings (SSSR count). The molecule has 0 heterocycles. The molecule has 1 aromatic carbocycles. The van der Waals surface area contributed by atoms with Gasteiger partial charge in [-0.05, 0) is 50.1 Å². The fourth-order valence-corrected chi connectivity index (χ4v) is 2.92. The van der Waals surface area contributed by atoms with Gasteiger partial charge in [-0.25, -0.2) is 0 Å². The first-order valence-corrected chi connectivity index (χ1v) is 9.56. The number of carbonyl (C=O) groups excluding carboxylic acids is 1. The Labute approximate surface area is 144 Å². The molecule has 2 atom stereocenters. The SMILES string of the molecule is CSCC(CCO)NC(=O)c1cccc(NC(C)C(C)C)c1C. The molecule has 1 aromatic rings. The minimum Gasteiger partial charge on any atom is -0.396 e. The molecular formula is C18H30N2O2S. The topological polar surface area (TPSA) is 61.4 Å². The van der Waals surface area contributed by atoms with E-state index in [4.69, 9.17) is 5.11 Å². The van der Waals surface area contributed by atoms with E-state index < -0.39 is 0 Å². The molecule has 23 heavy (non-hydrogen) atoms. The van der Waals surface area contributed by atoms with Gasteiger partial charge in [0.15, 0.2) is 0 Å². The standard InChI is InChI=1S/C18H30N2O2S/c1-12(2)14(4)19-17-8-6-7-16(13(17)3)18(22)20-15(9-10-21)11-23-5/h6-8,12,14-15,19,21H,9-11H2,1-5H3,(H,20,22). The number of aliphatic hydroxyl groups is 1. The summed E-state index contributed by atoms with van der Waals surface area (Å²) >= 11 is 1.67. The molecule has 0 fully saturated rings. The molecule has 1 amide bonds. The number of aliphatic hydroxyl groups excluding tert-OH is 1. The fourth-order valence-electron chi connectivity index (χ4n) is 2.27. The van der Waals surface area contributed by atoms with E-state index in [9.17, 15) is 4.79 Å². The van der Waals surface area contributed by atoms with E-state index in [0.717, 1.165) is 17.0 Å². The molecule has 5 heteroatoms. The van der Waals surface area contributed by atoms with E-state index in [0.29, 0.717) is 23.9 Å². The largest absolute Gasteiger partial charge is 0.396 e. The van der Waals surface area contributed by atoms with Crippen LogP contribution in [-0.2, 0) is 0 Å². The quantitative estimate of drug-likeness (QED) is 0.646. The Bertz CT molecular complexity index is 500. The Morgan fingerprint density at radius 3 is 2.57 bits per heavy atom. The molecule has 0 aliphatic carbocycles. The van der Waals surface area contributed by atoms with Crippen LogP contribution in [0.15, 0.2) is 18.2 Å². The minimum absolute atomic E-state index is 0.00639. The lowest BCUT2D eigenvalue weighted by molar-refractivity contribution is 0.0934. The molecule has 0 bridgehead atoms. The molecule has 0 aromatic heterocycles. The van der Waals surface area contributed by atoms with Crippen molar-refractivity contribution in [3.05, 3.63) is 29.3 Å².